The summed E-state index contributed by atoms with van der Waals surface area (Å²) >= 11 is 0. The highest BCUT2D eigenvalue weighted by Crippen LogP contribution is 2.26. The first-order valence-electron chi connectivity index (χ1n) is 6.77. The zero-order valence-electron chi connectivity index (χ0n) is 11.4. The molecule has 0 bridgehead atoms. The van der Waals surface area contributed by atoms with E-state index in [-0.39, 0.29) is 0 Å². The van der Waals surface area contributed by atoms with E-state index in [9.17, 15) is 0 Å². The zero-order valence-corrected chi connectivity index (χ0v) is 11.4. The van der Waals surface area contributed by atoms with Gasteiger partial charge in [0.1, 0.15) is 11.5 Å². The highest BCUT2D eigenvalue weighted by Gasteiger charge is 2.12. The van der Waals surface area contributed by atoms with E-state index in [1.165, 1.54) is 44.3 Å². The van der Waals surface area contributed by atoms with Crippen LogP contribution >= 0.6 is 0 Å². The maximum atomic E-state index is 5.45. The van der Waals surface area contributed by atoms with Gasteiger partial charge in [-0.1, -0.05) is 18.9 Å². The highest BCUT2D eigenvalue weighted by molar-refractivity contribution is 5.40. The van der Waals surface area contributed by atoms with E-state index >= 15 is 0 Å². The van der Waals surface area contributed by atoms with Crippen LogP contribution in [0.3, 0.4) is 0 Å². The van der Waals surface area contributed by atoms with E-state index in [1.807, 2.05) is 12.1 Å². The summed E-state index contributed by atoms with van der Waals surface area (Å²) in [6, 6.07) is 6.09. The number of hydrogen-bond acceptors (Lipinski definition) is 3. The molecule has 3 nitrogen and oxygen atoms in total. The smallest absolute Gasteiger partial charge is 0.127 e. The summed E-state index contributed by atoms with van der Waals surface area (Å²) < 4.78 is 10.7. The van der Waals surface area contributed by atoms with Gasteiger partial charge in [-0.15, -0.1) is 0 Å². The third kappa shape index (κ3) is 3.39. The Balaban J connectivity index is 2.07. The van der Waals surface area contributed by atoms with Crippen molar-refractivity contribution in [2.45, 2.75) is 32.2 Å². The third-order valence-corrected chi connectivity index (χ3v) is 3.59. The second kappa shape index (κ2) is 6.64. The minimum absolute atomic E-state index is 0.853. The van der Waals surface area contributed by atoms with Crippen LogP contribution in [-0.2, 0) is 6.54 Å². The Morgan fingerprint density at radius 1 is 1.00 bits per heavy atom. The lowest BCUT2D eigenvalue weighted by molar-refractivity contribution is 0.271. The number of nitrogens with zero attached hydrogens (tertiary/aromatic N) is 1. The molecule has 0 aromatic heterocycles. The molecule has 0 radical (unpaired) electrons. The summed E-state index contributed by atoms with van der Waals surface area (Å²) in [5.41, 5.74) is 1.25. The van der Waals surface area contributed by atoms with Crippen molar-refractivity contribution in [3.63, 3.8) is 0 Å². The fourth-order valence-electron chi connectivity index (χ4n) is 2.52. The van der Waals surface area contributed by atoms with Crippen LogP contribution < -0.4 is 9.47 Å². The minimum Gasteiger partial charge on any atom is -0.497 e. The Bertz CT molecular complexity index is 371. The number of likely N-dealkylation sites (tertiary alicyclic amines) is 1. The molecule has 0 amide bonds. The highest BCUT2D eigenvalue weighted by atomic mass is 16.5. The quantitative estimate of drug-likeness (QED) is 0.818. The first-order chi connectivity index (χ1) is 8.83. The van der Waals surface area contributed by atoms with Crippen molar-refractivity contribution >= 4 is 0 Å². The molecule has 1 aliphatic rings. The predicted octanol–water partition coefficient (Wildman–Crippen LogP) is 3.08. The zero-order chi connectivity index (χ0) is 12.8. The van der Waals surface area contributed by atoms with Gasteiger partial charge < -0.3 is 9.47 Å². The van der Waals surface area contributed by atoms with E-state index in [4.69, 9.17) is 9.47 Å². The fourth-order valence-corrected chi connectivity index (χ4v) is 2.52. The predicted molar refractivity (Wildman–Crippen MR) is 73.3 cm³/mol. The summed E-state index contributed by atoms with van der Waals surface area (Å²) in [4.78, 5) is 2.53. The molecule has 2 rings (SSSR count). The molecule has 18 heavy (non-hydrogen) atoms. The maximum Gasteiger partial charge on any atom is 0.127 e. The molecule has 0 unspecified atom stereocenters. The van der Waals surface area contributed by atoms with Gasteiger partial charge in [-0.05, 0) is 32.0 Å². The average Bonchev–Trinajstić information content (AvgIpc) is 2.68. The maximum absolute atomic E-state index is 5.45. The first kappa shape index (κ1) is 13.2. The molecular weight excluding hydrogens is 226 g/mol. The molecule has 1 heterocycles. The molecule has 0 N–H and O–H groups in total. The van der Waals surface area contributed by atoms with Crippen molar-refractivity contribution in [3.05, 3.63) is 23.8 Å². The van der Waals surface area contributed by atoms with Gasteiger partial charge in [0, 0.05) is 18.2 Å². The Morgan fingerprint density at radius 2 is 1.72 bits per heavy atom. The van der Waals surface area contributed by atoms with Gasteiger partial charge in [-0.3, -0.25) is 4.90 Å². The van der Waals surface area contributed by atoms with Crippen LogP contribution in [0.1, 0.15) is 31.2 Å². The molecule has 1 aliphatic heterocycles. The summed E-state index contributed by atoms with van der Waals surface area (Å²) in [5, 5.41) is 0. The van der Waals surface area contributed by atoms with Crippen LogP contribution in [0.25, 0.3) is 0 Å². The molecule has 3 heteroatoms. The van der Waals surface area contributed by atoms with Crippen molar-refractivity contribution < 1.29 is 9.47 Å². The van der Waals surface area contributed by atoms with Crippen molar-refractivity contribution in [1.29, 1.82) is 0 Å². The molecule has 0 atom stereocenters. The SMILES string of the molecule is COc1ccc(CN2CCCCCC2)c(OC)c1. The Labute approximate surface area is 110 Å². The lowest BCUT2D eigenvalue weighted by Gasteiger charge is -2.21. The second-order valence-corrected chi connectivity index (χ2v) is 4.87. The van der Waals surface area contributed by atoms with Crippen LogP contribution in [-0.4, -0.2) is 32.2 Å². The first-order valence-corrected chi connectivity index (χ1v) is 6.77. The van der Waals surface area contributed by atoms with Crippen molar-refractivity contribution in [2.24, 2.45) is 0 Å². The number of ether oxygens (including phenoxy) is 2. The lowest BCUT2D eigenvalue weighted by atomic mass is 10.1. The fraction of sp³-hybridized carbons (Fsp3) is 0.600. The topological polar surface area (TPSA) is 21.7 Å². The van der Waals surface area contributed by atoms with Gasteiger partial charge in [-0.2, -0.15) is 0 Å². The summed E-state index contributed by atoms with van der Waals surface area (Å²) in [6.07, 6.45) is 5.38. The van der Waals surface area contributed by atoms with Crippen molar-refractivity contribution in [3.8, 4) is 11.5 Å². The molecule has 0 aliphatic carbocycles. The molecule has 100 valence electrons. The van der Waals surface area contributed by atoms with Crippen molar-refractivity contribution in [2.75, 3.05) is 27.3 Å². The molecule has 1 aromatic rings. The van der Waals surface area contributed by atoms with E-state index in [0.717, 1.165) is 18.0 Å². The third-order valence-electron chi connectivity index (χ3n) is 3.59. The van der Waals surface area contributed by atoms with Gasteiger partial charge in [0.15, 0.2) is 0 Å². The van der Waals surface area contributed by atoms with Gasteiger partial charge in [0.05, 0.1) is 14.2 Å². The summed E-state index contributed by atoms with van der Waals surface area (Å²) in [5.74, 6) is 1.78. The minimum atomic E-state index is 0.853. The molecule has 0 saturated carbocycles. The van der Waals surface area contributed by atoms with E-state index < -0.39 is 0 Å². The average molecular weight is 249 g/mol. The molecule has 1 aromatic carbocycles. The van der Waals surface area contributed by atoms with Crippen LogP contribution in [0.4, 0.5) is 0 Å². The number of benzene rings is 1. The number of methoxy groups -OCH3 is 2. The van der Waals surface area contributed by atoms with E-state index in [2.05, 4.69) is 11.0 Å². The molecular formula is C15H23NO2. The van der Waals surface area contributed by atoms with Gasteiger partial charge in [0.2, 0.25) is 0 Å². The largest absolute Gasteiger partial charge is 0.497 e. The summed E-state index contributed by atoms with van der Waals surface area (Å²) in [6.45, 7) is 3.39. The summed E-state index contributed by atoms with van der Waals surface area (Å²) in [7, 11) is 3.41. The molecule has 1 fully saturated rings. The number of hydrogen-bond donors (Lipinski definition) is 0. The van der Waals surface area contributed by atoms with Crippen LogP contribution in [0, 0.1) is 0 Å². The molecule has 1 saturated heterocycles. The van der Waals surface area contributed by atoms with E-state index in [1.54, 1.807) is 14.2 Å². The van der Waals surface area contributed by atoms with E-state index in [0.29, 0.717) is 0 Å². The second-order valence-electron chi connectivity index (χ2n) is 4.87. The molecule has 0 spiro atoms. The lowest BCUT2D eigenvalue weighted by Crippen LogP contribution is -2.24. The van der Waals surface area contributed by atoms with Crippen LogP contribution in [0.2, 0.25) is 0 Å². The Kier molecular flexibility index (Phi) is 4.88. The van der Waals surface area contributed by atoms with Crippen LogP contribution in [0.15, 0.2) is 18.2 Å². The monoisotopic (exact) mass is 249 g/mol. The van der Waals surface area contributed by atoms with Gasteiger partial charge in [-0.25, -0.2) is 0 Å². The Hall–Kier alpha value is -1.22. The van der Waals surface area contributed by atoms with Crippen LogP contribution in [0.5, 0.6) is 11.5 Å². The Morgan fingerprint density at radius 3 is 2.33 bits per heavy atom. The van der Waals surface area contributed by atoms with Gasteiger partial charge >= 0.3 is 0 Å². The number of rotatable bonds is 4. The standard InChI is InChI=1S/C15H23NO2/c1-17-14-8-7-13(15(11-14)18-2)12-16-9-5-3-4-6-10-16/h7-8,11H,3-6,9-10,12H2,1-2H3. The van der Waals surface area contributed by atoms with Gasteiger partial charge in [0.25, 0.3) is 0 Å². The van der Waals surface area contributed by atoms with Crippen molar-refractivity contribution in [1.82, 2.24) is 4.90 Å². The normalized spacial score (nSPS) is 17.2.